The average molecular weight is 328 g/mol. The SMILES string of the molecule is O=S(=O)(c1cccc(C(F)(F)F)c1)N1CCCC(Cl)C1. The third-order valence-electron chi connectivity index (χ3n) is 3.13. The summed E-state index contributed by atoms with van der Waals surface area (Å²) < 4.78 is 63.7. The molecule has 0 bridgehead atoms. The number of hydrogen-bond donors (Lipinski definition) is 0. The van der Waals surface area contributed by atoms with Crippen molar-refractivity contribution in [3.63, 3.8) is 0 Å². The lowest BCUT2D eigenvalue weighted by Crippen LogP contribution is -2.40. The largest absolute Gasteiger partial charge is 0.416 e. The van der Waals surface area contributed by atoms with Crippen LogP contribution in [0.2, 0.25) is 0 Å². The van der Waals surface area contributed by atoms with E-state index in [4.69, 9.17) is 11.6 Å². The smallest absolute Gasteiger partial charge is 0.207 e. The first-order valence-corrected chi connectivity index (χ1v) is 7.90. The van der Waals surface area contributed by atoms with E-state index in [1.807, 2.05) is 0 Å². The zero-order valence-electron chi connectivity index (χ0n) is 10.4. The molecule has 1 atom stereocenters. The summed E-state index contributed by atoms with van der Waals surface area (Å²) in [6.45, 7) is 0.405. The summed E-state index contributed by atoms with van der Waals surface area (Å²) in [4.78, 5) is -0.349. The van der Waals surface area contributed by atoms with Gasteiger partial charge < -0.3 is 0 Å². The Balaban J connectivity index is 2.34. The molecule has 20 heavy (non-hydrogen) atoms. The van der Waals surface area contributed by atoms with E-state index in [1.165, 1.54) is 6.07 Å². The summed E-state index contributed by atoms with van der Waals surface area (Å²) in [6.07, 6.45) is -3.26. The third kappa shape index (κ3) is 3.27. The van der Waals surface area contributed by atoms with Crippen molar-refractivity contribution in [3.8, 4) is 0 Å². The van der Waals surface area contributed by atoms with Crippen molar-refractivity contribution in [2.24, 2.45) is 0 Å². The van der Waals surface area contributed by atoms with Crippen LogP contribution in [0.15, 0.2) is 29.2 Å². The highest BCUT2D eigenvalue weighted by molar-refractivity contribution is 7.89. The summed E-state index contributed by atoms with van der Waals surface area (Å²) in [5.74, 6) is 0. The Kier molecular flexibility index (Phi) is 4.32. The molecule has 1 aliphatic rings. The van der Waals surface area contributed by atoms with Crippen molar-refractivity contribution in [1.82, 2.24) is 4.31 Å². The Bertz CT molecular complexity index is 589. The fraction of sp³-hybridized carbons (Fsp3) is 0.500. The lowest BCUT2D eigenvalue weighted by molar-refractivity contribution is -0.137. The number of rotatable bonds is 2. The predicted octanol–water partition coefficient (Wildman–Crippen LogP) is 3.10. The van der Waals surface area contributed by atoms with Gasteiger partial charge in [0.2, 0.25) is 10.0 Å². The highest BCUT2D eigenvalue weighted by atomic mass is 35.5. The maximum Gasteiger partial charge on any atom is 0.416 e. The van der Waals surface area contributed by atoms with E-state index in [0.29, 0.717) is 18.9 Å². The number of hydrogen-bond acceptors (Lipinski definition) is 2. The van der Waals surface area contributed by atoms with Gasteiger partial charge in [-0.25, -0.2) is 8.42 Å². The first kappa shape index (κ1) is 15.6. The predicted molar refractivity (Wildman–Crippen MR) is 69.1 cm³/mol. The molecule has 0 aromatic heterocycles. The highest BCUT2D eigenvalue weighted by Crippen LogP contribution is 2.31. The minimum atomic E-state index is -4.57. The summed E-state index contributed by atoms with van der Waals surface area (Å²) in [7, 11) is -3.93. The normalized spacial score (nSPS) is 21.9. The standard InChI is InChI=1S/C12H13ClF3NO2S/c13-10-4-2-6-17(8-10)20(18,19)11-5-1-3-9(7-11)12(14,15)16/h1,3,5,7,10H,2,4,6,8H2. The van der Waals surface area contributed by atoms with Crippen LogP contribution in [0.1, 0.15) is 18.4 Å². The molecule has 2 rings (SSSR count). The zero-order valence-corrected chi connectivity index (χ0v) is 12.0. The molecule has 1 aliphatic heterocycles. The van der Waals surface area contributed by atoms with Crippen LogP contribution in [0, 0.1) is 0 Å². The van der Waals surface area contributed by atoms with Gasteiger partial charge in [-0.2, -0.15) is 17.5 Å². The van der Waals surface area contributed by atoms with E-state index in [0.717, 1.165) is 16.4 Å². The van der Waals surface area contributed by atoms with E-state index in [9.17, 15) is 21.6 Å². The van der Waals surface area contributed by atoms with E-state index in [1.54, 1.807) is 0 Å². The van der Waals surface area contributed by atoms with Crippen LogP contribution in [-0.4, -0.2) is 31.2 Å². The second-order valence-electron chi connectivity index (χ2n) is 4.63. The molecule has 3 nitrogen and oxygen atoms in total. The number of benzene rings is 1. The van der Waals surface area contributed by atoms with Gasteiger partial charge in [-0.05, 0) is 31.0 Å². The van der Waals surface area contributed by atoms with Gasteiger partial charge in [0.25, 0.3) is 0 Å². The second-order valence-corrected chi connectivity index (χ2v) is 7.18. The van der Waals surface area contributed by atoms with Gasteiger partial charge in [0, 0.05) is 18.5 Å². The van der Waals surface area contributed by atoms with Crippen LogP contribution in [0.3, 0.4) is 0 Å². The molecule has 1 aromatic carbocycles. The Hall–Kier alpha value is -0.790. The maximum atomic E-state index is 12.6. The van der Waals surface area contributed by atoms with E-state index in [-0.39, 0.29) is 23.4 Å². The van der Waals surface area contributed by atoms with Crippen LogP contribution < -0.4 is 0 Å². The number of piperidine rings is 1. The molecule has 112 valence electrons. The fourth-order valence-electron chi connectivity index (χ4n) is 2.09. The number of nitrogens with zero attached hydrogens (tertiary/aromatic N) is 1. The van der Waals surface area contributed by atoms with Gasteiger partial charge in [-0.15, -0.1) is 11.6 Å². The van der Waals surface area contributed by atoms with Gasteiger partial charge in [0.1, 0.15) is 0 Å². The fourth-order valence-corrected chi connectivity index (χ4v) is 4.07. The first-order chi connectivity index (χ1) is 9.21. The van der Waals surface area contributed by atoms with Crippen molar-refractivity contribution in [3.05, 3.63) is 29.8 Å². The summed E-state index contributed by atoms with van der Waals surface area (Å²) in [6, 6.07) is 3.77. The number of alkyl halides is 4. The molecule has 1 aromatic rings. The Morgan fingerprint density at radius 2 is 2.00 bits per heavy atom. The zero-order chi connectivity index (χ0) is 15.0. The molecule has 8 heteroatoms. The molecule has 0 aliphatic carbocycles. The molecule has 0 spiro atoms. The lowest BCUT2D eigenvalue weighted by atomic mass is 10.2. The van der Waals surface area contributed by atoms with E-state index < -0.39 is 21.8 Å². The molecular weight excluding hydrogens is 315 g/mol. The van der Waals surface area contributed by atoms with E-state index >= 15 is 0 Å². The minimum Gasteiger partial charge on any atom is -0.207 e. The monoisotopic (exact) mass is 327 g/mol. The number of halogens is 4. The topological polar surface area (TPSA) is 37.4 Å². The summed E-state index contributed by atoms with van der Waals surface area (Å²) in [5, 5.41) is -0.302. The molecule has 1 fully saturated rings. The van der Waals surface area contributed by atoms with Gasteiger partial charge >= 0.3 is 6.18 Å². The van der Waals surface area contributed by atoms with Gasteiger partial charge in [-0.1, -0.05) is 6.07 Å². The molecule has 0 radical (unpaired) electrons. The van der Waals surface area contributed by atoms with Crippen LogP contribution in [-0.2, 0) is 16.2 Å². The first-order valence-electron chi connectivity index (χ1n) is 6.03. The third-order valence-corrected chi connectivity index (χ3v) is 5.34. The molecular formula is C12H13ClF3NO2S. The van der Waals surface area contributed by atoms with E-state index in [2.05, 4.69) is 0 Å². The van der Waals surface area contributed by atoms with Crippen LogP contribution in [0.5, 0.6) is 0 Å². The van der Waals surface area contributed by atoms with Gasteiger partial charge in [0.15, 0.2) is 0 Å². The van der Waals surface area contributed by atoms with Crippen molar-refractivity contribution in [2.75, 3.05) is 13.1 Å². The Morgan fingerprint density at radius 1 is 1.30 bits per heavy atom. The molecule has 0 amide bonds. The highest BCUT2D eigenvalue weighted by Gasteiger charge is 2.34. The summed E-state index contributed by atoms with van der Waals surface area (Å²) >= 11 is 5.92. The molecule has 1 saturated heterocycles. The minimum absolute atomic E-state index is 0.125. The Morgan fingerprint density at radius 3 is 2.60 bits per heavy atom. The van der Waals surface area contributed by atoms with Crippen LogP contribution >= 0.6 is 11.6 Å². The van der Waals surface area contributed by atoms with Crippen molar-refractivity contribution in [1.29, 1.82) is 0 Å². The van der Waals surface area contributed by atoms with Gasteiger partial charge in [0.05, 0.1) is 10.5 Å². The van der Waals surface area contributed by atoms with Crippen LogP contribution in [0.4, 0.5) is 13.2 Å². The molecule has 1 unspecified atom stereocenters. The quantitative estimate of drug-likeness (QED) is 0.783. The average Bonchev–Trinajstić information content (AvgIpc) is 2.38. The van der Waals surface area contributed by atoms with Crippen molar-refractivity contribution >= 4 is 21.6 Å². The van der Waals surface area contributed by atoms with Gasteiger partial charge in [-0.3, -0.25) is 0 Å². The van der Waals surface area contributed by atoms with Crippen molar-refractivity contribution in [2.45, 2.75) is 29.3 Å². The van der Waals surface area contributed by atoms with Crippen LogP contribution in [0.25, 0.3) is 0 Å². The number of sulfonamides is 1. The maximum absolute atomic E-state index is 12.6. The molecule has 0 N–H and O–H groups in total. The van der Waals surface area contributed by atoms with Crippen molar-refractivity contribution < 1.29 is 21.6 Å². The summed E-state index contributed by atoms with van der Waals surface area (Å²) in [5.41, 5.74) is -0.974. The molecule has 0 saturated carbocycles. The molecule has 1 heterocycles. The second kappa shape index (κ2) is 5.54. The Labute approximate surface area is 120 Å². The lowest BCUT2D eigenvalue weighted by Gasteiger charge is -2.29.